The van der Waals surface area contributed by atoms with Crippen LogP contribution in [-0.2, 0) is 0 Å². The number of nitrogens with two attached hydrogens (primary N) is 1. The van der Waals surface area contributed by atoms with Gasteiger partial charge in [0.25, 0.3) is 0 Å². The van der Waals surface area contributed by atoms with Crippen molar-refractivity contribution in [3.8, 4) is 0 Å². The second-order valence-corrected chi connectivity index (χ2v) is 2.51. The topological polar surface area (TPSA) is 26.0 Å². The minimum Gasteiger partial charge on any atom is -0.399 e. The number of nitrogen functional groups attached to an aromatic ring is 1. The quantitative estimate of drug-likeness (QED) is 0.291. The van der Waals surface area contributed by atoms with Gasteiger partial charge in [0.2, 0.25) is 0 Å². The Balaban J connectivity index is 3.17. The van der Waals surface area contributed by atoms with Gasteiger partial charge in [-0.15, -0.1) is 9.24 Å². The molecule has 0 aromatic heterocycles. The van der Waals surface area contributed by atoms with Crippen molar-refractivity contribution in [3.05, 3.63) is 18.2 Å². The predicted molar refractivity (Wildman–Crippen MR) is 45.6 cm³/mol. The van der Waals surface area contributed by atoms with Crippen molar-refractivity contribution in [2.75, 3.05) is 5.73 Å². The monoisotopic (exact) mass is 135 g/mol. The van der Waals surface area contributed by atoms with Crippen molar-refractivity contribution in [1.82, 2.24) is 0 Å². The molecule has 1 aromatic carbocycles. The summed E-state index contributed by atoms with van der Waals surface area (Å²) < 4.78 is 0. The molecule has 0 saturated carbocycles. The standard InChI is InChI=1S/C6H7BNP/c7-5-2-1-4(8)3-6(5)9/h1-3H,8-9H2. The van der Waals surface area contributed by atoms with Crippen LogP contribution in [0.2, 0.25) is 0 Å². The molecule has 2 radical (unpaired) electrons. The Morgan fingerprint density at radius 1 is 1.44 bits per heavy atom. The highest BCUT2D eigenvalue weighted by molar-refractivity contribution is 7.28. The molecule has 0 aliphatic heterocycles. The Morgan fingerprint density at radius 3 is 2.56 bits per heavy atom. The third-order valence-electron chi connectivity index (χ3n) is 1.11. The molecule has 0 amide bonds. The summed E-state index contributed by atoms with van der Waals surface area (Å²) in [7, 11) is 8.03. The van der Waals surface area contributed by atoms with Crippen molar-refractivity contribution >= 4 is 33.5 Å². The fourth-order valence-electron chi connectivity index (χ4n) is 0.593. The lowest BCUT2D eigenvalue weighted by atomic mass is 9.96. The fourth-order valence-corrected chi connectivity index (χ4v) is 0.882. The first-order chi connectivity index (χ1) is 4.20. The molecule has 0 bridgehead atoms. The molecule has 0 heterocycles. The molecule has 1 atom stereocenters. The van der Waals surface area contributed by atoms with E-state index in [4.69, 9.17) is 13.6 Å². The molecular formula is C6H7BNP. The minimum atomic E-state index is 0.745. The van der Waals surface area contributed by atoms with Crippen LogP contribution in [0.4, 0.5) is 5.69 Å². The van der Waals surface area contributed by atoms with Crippen molar-refractivity contribution in [1.29, 1.82) is 0 Å². The highest BCUT2D eigenvalue weighted by Gasteiger charge is 1.89. The lowest BCUT2D eigenvalue weighted by Crippen LogP contribution is -2.18. The average Bonchev–Trinajstić information content (AvgIpc) is 1.80. The molecule has 1 unspecified atom stereocenters. The van der Waals surface area contributed by atoms with Crippen LogP contribution in [0.3, 0.4) is 0 Å². The van der Waals surface area contributed by atoms with Crippen LogP contribution in [-0.4, -0.2) is 7.85 Å². The molecule has 0 saturated heterocycles. The van der Waals surface area contributed by atoms with Crippen LogP contribution in [0.25, 0.3) is 0 Å². The summed E-state index contributed by atoms with van der Waals surface area (Å²) in [5.74, 6) is 0. The zero-order valence-corrected chi connectivity index (χ0v) is 6.12. The Hall–Kier alpha value is -0.485. The first-order valence-electron chi connectivity index (χ1n) is 2.60. The largest absolute Gasteiger partial charge is 0.399 e. The zero-order valence-electron chi connectivity index (χ0n) is 4.96. The van der Waals surface area contributed by atoms with Gasteiger partial charge in [0.15, 0.2) is 0 Å². The Kier molecular flexibility index (Phi) is 1.77. The highest BCUT2D eigenvalue weighted by Crippen LogP contribution is 1.96. The summed E-state index contributed by atoms with van der Waals surface area (Å²) in [5.41, 5.74) is 6.96. The van der Waals surface area contributed by atoms with Gasteiger partial charge in [0.1, 0.15) is 7.85 Å². The maximum Gasteiger partial charge on any atom is 0.114 e. The minimum absolute atomic E-state index is 0.745. The van der Waals surface area contributed by atoms with Crippen LogP contribution in [0.15, 0.2) is 18.2 Å². The van der Waals surface area contributed by atoms with Crippen molar-refractivity contribution in [2.45, 2.75) is 0 Å². The maximum absolute atomic E-state index is 5.51. The lowest BCUT2D eigenvalue weighted by molar-refractivity contribution is 1.77. The SMILES string of the molecule is [B]c1ccc(N)cc1P. The van der Waals surface area contributed by atoms with E-state index in [1.54, 1.807) is 12.1 Å². The van der Waals surface area contributed by atoms with E-state index in [1.165, 1.54) is 0 Å². The summed E-state index contributed by atoms with van der Waals surface area (Å²) in [6, 6.07) is 5.39. The van der Waals surface area contributed by atoms with Gasteiger partial charge in [-0.3, -0.25) is 0 Å². The number of hydrogen-bond donors (Lipinski definition) is 1. The van der Waals surface area contributed by atoms with Gasteiger partial charge in [0, 0.05) is 5.69 Å². The summed E-state index contributed by atoms with van der Waals surface area (Å²) in [4.78, 5) is 0. The molecule has 0 fully saturated rings. The van der Waals surface area contributed by atoms with E-state index in [2.05, 4.69) is 9.24 Å². The summed E-state index contributed by atoms with van der Waals surface area (Å²) in [6.07, 6.45) is 0. The van der Waals surface area contributed by atoms with Gasteiger partial charge >= 0.3 is 0 Å². The molecule has 44 valence electrons. The third kappa shape index (κ3) is 1.46. The van der Waals surface area contributed by atoms with E-state index in [-0.39, 0.29) is 0 Å². The van der Waals surface area contributed by atoms with Gasteiger partial charge < -0.3 is 5.73 Å². The number of hydrogen-bond acceptors (Lipinski definition) is 1. The van der Waals surface area contributed by atoms with Crippen molar-refractivity contribution in [3.63, 3.8) is 0 Å². The molecule has 0 aliphatic rings. The third-order valence-corrected chi connectivity index (χ3v) is 1.61. The second-order valence-electron chi connectivity index (χ2n) is 1.89. The average molecular weight is 135 g/mol. The van der Waals surface area contributed by atoms with E-state index in [9.17, 15) is 0 Å². The highest BCUT2D eigenvalue weighted by atomic mass is 31.0. The summed E-state index contributed by atoms with van der Waals surface area (Å²) >= 11 is 0. The van der Waals surface area contributed by atoms with Crippen LogP contribution in [0.1, 0.15) is 0 Å². The maximum atomic E-state index is 5.51. The van der Waals surface area contributed by atoms with Crippen LogP contribution in [0, 0.1) is 0 Å². The fraction of sp³-hybridized carbons (Fsp3) is 0. The van der Waals surface area contributed by atoms with E-state index in [1.807, 2.05) is 6.07 Å². The zero-order chi connectivity index (χ0) is 6.85. The number of anilines is 1. The summed E-state index contributed by atoms with van der Waals surface area (Å²) in [6.45, 7) is 0. The van der Waals surface area contributed by atoms with Crippen LogP contribution >= 0.6 is 9.24 Å². The Morgan fingerprint density at radius 2 is 2.11 bits per heavy atom. The molecule has 1 aromatic rings. The molecule has 2 N–H and O–H groups in total. The first-order valence-corrected chi connectivity index (χ1v) is 3.18. The normalized spacial score (nSPS) is 9.44. The van der Waals surface area contributed by atoms with Crippen molar-refractivity contribution in [2.24, 2.45) is 0 Å². The number of rotatable bonds is 0. The molecule has 1 rings (SSSR count). The van der Waals surface area contributed by atoms with E-state index in [0.717, 1.165) is 16.5 Å². The van der Waals surface area contributed by atoms with Gasteiger partial charge in [-0.1, -0.05) is 11.5 Å². The van der Waals surface area contributed by atoms with E-state index in [0.29, 0.717) is 0 Å². The Labute approximate surface area is 58.3 Å². The molecule has 3 heteroatoms. The van der Waals surface area contributed by atoms with E-state index >= 15 is 0 Å². The predicted octanol–water partition coefficient (Wildman–Crippen LogP) is -0.437. The van der Waals surface area contributed by atoms with Crippen molar-refractivity contribution < 1.29 is 0 Å². The van der Waals surface area contributed by atoms with Crippen LogP contribution < -0.4 is 16.5 Å². The van der Waals surface area contributed by atoms with Gasteiger partial charge in [-0.25, -0.2) is 0 Å². The molecule has 1 nitrogen and oxygen atoms in total. The number of benzene rings is 1. The molecular weight excluding hydrogens is 128 g/mol. The lowest BCUT2D eigenvalue weighted by Gasteiger charge is -1.98. The molecule has 9 heavy (non-hydrogen) atoms. The first kappa shape index (κ1) is 6.63. The van der Waals surface area contributed by atoms with E-state index < -0.39 is 0 Å². The van der Waals surface area contributed by atoms with Crippen LogP contribution in [0.5, 0.6) is 0 Å². The van der Waals surface area contributed by atoms with Gasteiger partial charge in [-0.05, 0) is 17.4 Å². The Bertz CT molecular complexity index is 224. The second kappa shape index (κ2) is 2.41. The van der Waals surface area contributed by atoms with Gasteiger partial charge in [-0.2, -0.15) is 0 Å². The summed E-state index contributed by atoms with van der Waals surface area (Å²) in [5, 5.41) is 0.954. The molecule has 0 aliphatic carbocycles. The smallest absolute Gasteiger partial charge is 0.114 e. The van der Waals surface area contributed by atoms with Gasteiger partial charge in [0.05, 0.1) is 0 Å². The molecule has 0 spiro atoms.